The number of ether oxygens (including phenoxy) is 2. The molecule has 24 heavy (non-hydrogen) atoms. The molecule has 140 valence electrons. The molecule has 0 saturated carbocycles. The maximum Gasteiger partial charge on any atom is 0.407 e. The van der Waals surface area contributed by atoms with Gasteiger partial charge < -0.3 is 25.0 Å². The van der Waals surface area contributed by atoms with Gasteiger partial charge in [0, 0.05) is 26.7 Å². The van der Waals surface area contributed by atoms with Crippen molar-refractivity contribution in [1.29, 1.82) is 0 Å². The van der Waals surface area contributed by atoms with Crippen molar-refractivity contribution >= 4 is 12.1 Å². The zero-order valence-electron chi connectivity index (χ0n) is 16.2. The molecule has 1 atom stereocenters. The second-order valence-electron chi connectivity index (χ2n) is 7.71. The van der Waals surface area contributed by atoms with E-state index in [1.54, 1.807) is 7.11 Å². The van der Waals surface area contributed by atoms with Crippen LogP contribution in [0.25, 0.3) is 0 Å². The van der Waals surface area contributed by atoms with Crippen LogP contribution in [0.4, 0.5) is 4.79 Å². The number of aliphatic imine (C=N–C) groups is 1. The summed E-state index contributed by atoms with van der Waals surface area (Å²) < 4.78 is 10.7. The monoisotopic (exact) mass is 342 g/mol. The smallest absolute Gasteiger partial charge is 0.407 e. The van der Waals surface area contributed by atoms with Crippen LogP contribution in [0.5, 0.6) is 0 Å². The van der Waals surface area contributed by atoms with E-state index >= 15 is 0 Å². The fourth-order valence-electron chi connectivity index (χ4n) is 2.30. The number of nitrogens with one attached hydrogen (secondary N) is 2. The number of guanidine groups is 1. The molecule has 0 aromatic carbocycles. The molecule has 0 bridgehead atoms. The molecule has 0 spiro atoms. The maximum absolute atomic E-state index is 11.9. The van der Waals surface area contributed by atoms with Crippen LogP contribution in [0.3, 0.4) is 0 Å². The first-order valence-corrected chi connectivity index (χ1v) is 8.64. The normalized spacial score (nSPS) is 19.4. The summed E-state index contributed by atoms with van der Waals surface area (Å²) in [5.41, 5.74) is -0.779. The van der Waals surface area contributed by atoms with Crippen molar-refractivity contribution in [3.8, 4) is 0 Å². The van der Waals surface area contributed by atoms with E-state index in [4.69, 9.17) is 9.47 Å². The lowest BCUT2D eigenvalue weighted by molar-refractivity contribution is 0.0309. The first kappa shape index (κ1) is 20.5. The van der Waals surface area contributed by atoms with Crippen LogP contribution in [0.15, 0.2) is 4.99 Å². The van der Waals surface area contributed by atoms with Crippen molar-refractivity contribution in [2.45, 2.75) is 65.2 Å². The van der Waals surface area contributed by atoms with Crippen molar-refractivity contribution in [3.05, 3.63) is 0 Å². The highest BCUT2D eigenvalue weighted by Gasteiger charge is 2.28. The Kier molecular flexibility index (Phi) is 7.32. The van der Waals surface area contributed by atoms with Gasteiger partial charge in [0.1, 0.15) is 5.60 Å². The van der Waals surface area contributed by atoms with Gasteiger partial charge in [-0.15, -0.1) is 0 Å². The number of amides is 1. The van der Waals surface area contributed by atoms with Crippen LogP contribution in [-0.2, 0) is 9.47 Å². The van der Waals surface area contributed by atoms with Gasteiger partial charge in [-0.25, -0.2) is 4.79 Å². The minimum atomic E-state index is -0.482. The van der Waals surface area contributed by atoms with E-state index < -0.39 is 5.60 Å². The van der Waals surface area contributed by atoms with Crippen LogP contribution in [0, 0.1) is 0 Å². The molecule has 0 unspecified atom stereocenters. The lowest BCUT2D eigenvalue weighted by Gasteiger charge is -2.25. The topological polar surface area (TPSA) is 75.2 Å². The van der Waals surface area contributed by atoms with Gasteiger partial charge in [0.15, 0.2) is 5.96 Å². The lowest BCUT2D eigenvalue weighted by Crippen LogP contribution is -2.44. The Hall–Kier alpha value is -1.50. The van der Waals surface area contributed by atoms with Gasteiger partial charge in [-0.2, -0.15) is 0 Å². The molecule has 2 N–H and O–H groups in total. The molecule has 0 aromatic rings. The predicted molar refractivity (Wildman–Crippen MR) is 96.4 cm³/mol. The summed E-state index contributed by atoms with van der Waals surface area (Å²) in [6, 6.07) is 0.0686. The fourth-order valence-corrected chi connectivity index (χ4v) is 2.30. The second-order valence-corrected chi connectivity index (χ2v) is 7.71. The molecule has 1 amide bonds. The van der Waals surface area contributed by atoms with Crippen LogP contribution in [0.2, 0.25) is 0 Å². The van der Waals surface area contributed by atoms with Crippen molar-refractivity contribution in [2.24, 2.45) is 4.99 Å². The molecule has 1 saturated heterocycles. The van der Waals surface area contributed by atoms with Crippen LogP contribution in [0.1, 0.15) is 48.0 Å². The number of carbonyl (C=O) groups excluding carboxylic acids is 1. The van der Waals surface area contributed by atoms with E-state index in [-0.39, 0.29) is 17.7 Å². The number of carbonyl (C=O) groups is 1. The Morgan fingerprint density at radius 1 is 1.29 bits per heavy atom. The number of hydrogen-bond donors (Lipinski definition) is 2. The SMILES string of the molecule is CCNC(=NCC(C)(C)OC)N1CC[C@@H](NC(=O)OC(C)(C)C)C1. The Morgan fingerprint density at radius 2 is 1.96 bits per heavy atom. The molecule has 7 heteroatoms. The Bertz CT molecular complexity index is 444. The van der Waals surface area contributed by atoms with Gasteiger partial charge >= 0.3 is 6.09 Å². The minimum absolute atomic E-state index is 0.0686. The molecule has 1 aliphatic rings. The Labute approximate surface area is 146 Å². The fraction of sp³-hybridized carbons (Fsp3) is 0.882. The number of rotatable bonds is 5. The summed E-state index contributed by atoms with van der Waals surface area (Å²) in [6.07, 6.45) is 0.508. The van der Waals surface area contributed by atoms with Gasteiger partial charge in [-0.1, -0.05) is 0 Å². The van der Waals surface area contributed by atoms with Crippen molar-refractivity contribution in [3.63, 3.8) is 0 Å². The summed E-state index contributed by atoms with van der Waals surface area (Å²) in [5.74, 6) is 0.858. The quantitative estimate of drug-likeness (QED) is 0.590. The number of methoxy groups -OCH3 is 1. The van der Waals surface area contributed by atoms with Crippen LogP contribution in [-0.4, -0.2) is 67.5 Å². The second kappa shape index (κ2) is 8.55. The third-order valence-electron chi connectivity index (χ3n) is 3.71. The zero-order valence-corrected chi connectivity index (χ0v) is 16.2. The van der Waals surface area contributed by atoms with Gasteiger partial charge in [-0.3, -0.25) is 4.99 Å². The molecule has 1 fully saturated rings. The first-order chi connectivity index (χ1) is 11.1. The highest BCUT2D eigenvalue weighted by atomic mass is 16.6. The molecule has 7 nitrogen and oxygen atoms in total. The lowest BCUT2D eigenvalue weighted by atomic mass is 10.1. The van der Waals surface area contributed by atoms with E-state index in [1.807, 2.05) is 41.5 Å². The van der Waals surface area contributed by atoms with E-state index in [9.17, 15) is 4.79 Å². The molecular formula is C17H34N4O3. The molecule has 0 radical (unpaired) electrons. The van der Waals surface area contributed by atoms with E-state index in [2.05, 4.69) is 20.5 Å². The molecule has 0 aliphatic carbocycles. The van der Waals surface area contributed by atoms with E-state index in [0.717, 1.165) is 32.0 Å². The van der Waals surface area contributed by atoms with Crippen LogP contribution >= 0.6 is 0 Å². The van der Waals surface area contributed by atoms with E-state index in [0.29, 0.717) is 6.54 Å². The molecule has 1 aliphatic heterocycles. The maximum atomic E-state index is 11.9. The first-order valence-electron chi connectivity index (χ1n) is 8.64. The van der Waals surface area contributed by atoms with Crippen LogP contribution < -0.4 is 10.6 Å². The number of hydrogen-bond acceptors (Lipinski definition) is 4. The molecule has 0 aromatic heterocycles. The highest BCUT2D eigenvalue weighted by Crippen LogP contribution is 2.13. The number of alkyl carbamates (subject to hydrolysis) is 1. The average Bonchev–Trinajstić information content (AvgIpc) is 2.89. The van der Waals surface area contributed by atoms with Gasteiger partial charge in [0.25, 0.3) is 0 Å². The van der Waals surface area contributed by atoms with Gasteiger partial charge in [0.2, 0.25) is 0 Å². The van der Waals surface area contributed by atoms with Gasteiger partial charge in [-0.05, 0) is 48.0 Å². The average molecular weight is 342 g/mol. The molecule has 1 rings (SSSR count). The highest BCUT2D eigenvalue weighted by molar-refractivity contribution is 5.80. The van der Waals surface area contributed by atoms with Crippen molar-refractivity contribution in [2.75, 3.05) is 33.3 Å². The summed E-state index contributed by atoms with van der Waals surface area (Å²) >= 11 is 0. The minimum Gasteiger partial charge on any atom is -0.444 e. The number of nitrogens with zero attached hydrogens (tertiary/aromatic N) is 2. The summed E-state index contributed by atoms with van der Waals surface area (Å²) in [7, 11) is 1.69. The molecular weight excluding hydrogens is 308 g/mol. The van der Waals surface area contributed by atoms with E-state index in [1.165, 1.54) is 0 Å². The van der Waals surface area contributed by atoms with Crippen molar-refractivity contribution < 1.29 is 14.3 Å². The predicted octanol–water partition coefficient (Wildman–Crippen LogP) is 1.98. The third-order valence-corrected chi connectivity index (χ3v) is 3.71. The summed E-state index contributed by atoms with van der Waals surface area (Å²) in [5, 5.41) is 6.25. The Morgan fingerprint density at radius 3 is 2.50 bits per heavy atom. The largest absolute Gasteiger partial charge is 0.444 e. The zero-order chi connectivity index (χ0) is 18.4. The Balaban J connectivity index is 2.60. The standard InChI is InChI=1S/C17H34N4O3/c1-8-18-14(19-12-17(5,6)23-7)21-10-9-13(11-21)20-15(22)24-16(2,3)4/h13H,8-12H2,1-7H3,(H,18,19)(H,20,22)/t13-/m1/s1. The van der Waals surface area contributed by atoms with Gasteiger partial charge in [0.05, 0.1) is 18.2 Å². The summed E-state index contributed by atoms with van der Waals surface area (Å²) in [6.45, 7) is 14.6. The van der Waals surface area contributed by atoms with Crippen molar-refractivity contribution in [1.82, 2.24) is 15.5 Å². The third kappa shape index (κ3) is 7.38. The molecule has 1 heterocycles. The summed E-state index contributed by atoms with van der Waals surface area (Å²) in [4.78, 5) is 18.7. The number of likely N-dealkylation sites (tertiary alicyclic amines) is 1.